The van der Waals surface area contributed by atoms with Crippen LogP contribution in [-0.2, 0) is 11.3 Å². The Labute approximate surface area is 155 Å². The third-order valence-corrected chi connectivity index (χ3v) is 4.08. The minimum atomic E-state index is -0.263. The molecule has 1 aromatic carbocycles. The number of rotatable bonds is 5. The van der Waals surface area contributed by atoms with Crippen molar-refractivity contribution in [1.82, 2.24) is 20.0 Å². The van der Waals surface area contributed by atoms with Crippen molar-refractivity contribution in [3.8, 4) is 11.5 Å². The second kappa shape index (κ2) is 7.25. The number of hydrazone groups is 1. The second-order valence-electron chi connectivity index (χ2n) is 5.93. The second-order valence-corrected chi connectivity index (χ2v) is 5.93. The fraction of sp³-hybridized carbons (Fsp3) is 0.100. The number of imidazole rings is 1. The van der Waals surface area contributed by atoms with Crippen LogP contribution in [0, 0.1) is 0 Å². The van der Waals surface area contributed by atoms with Gasteiger partial charge in [0.05, 0.1) is 17.3 Å². The highest BCUT2D eigenvalue weighted by Crippen LogP contribution is 2.23. The molecule has 3 aromatic heterocycles. The van der Waals surface area contributed by atoms with Gasteiger partial charge in [-0.15, -0.1) is 0 Å². The van der Waals surface area contributed by atoms with Crippen LogP contribution in [-0.4, -0.2) is 26.2 Å². The summed E-state index contributed by atoms with van der Waals surface area (Å²) in [5, 5.41) is 4.10. The molecule has 1 amide bonds. The van der Waals surface area contributed by atoms with Crippen molar-refractivity contribution in [2.24, 2.45) is 5.10 Å². The number of benzene rings is 1. The number of furan rings is 1. The molecule has 7 nitrogen and oxygen atoms in total. The lowest BCUT2D eigenvalue weighted by Crippen LogP contribution is -2.24. The maximum Gasteiger partial charge on any atom is 0.260 e. The molecule has 0 aliphatic rings. The first-order valence-electron chi connectivity index (χ1n) is 8.46. The van der Waals surface area contributed by atoms with Gasteiger partial charge in [-0.1, -0.05) is 18.2 Å². The number of nitrogens with one attached hydrogen (secondary N) is 1. The van der Waals surface area contributed by atoms with Gasteiger partial charge >= 0.3 is 0 Å². The summed E-state index contributed by atoms with van der Waals surface area (Å²) in [6.45, 7) is 1.84. The Morgan fingerprint density at radius 2 is 2.00 bits per heavy atom. The minimum Gasteiger partial charge on any atom is -0.463 e. The zero-order chi connectivity index (χ0) is 18.6. The van der Waals surface area contributed by atoms with Gasteiger partial charge in [0.1, 0.15) is 23.7 Å². The van der Waals surface area contributed by atoms with Crippen LogP contribution in [0.25, 0.3) is 22.6 Å². The van der Waals surface area contributed by atoms with Gasteiger partial charge in [0.15, 0.2) is 5.82 Å². The third-order valence-electron chi connectivity index (χ3n) is 4.08. The van der Waals surface area contributed by atoms with Gasteiger partial charge in [0.2, 0.25) is 0 Å². The van der Waals surface area contributed by atoms with Crippen molar-refractivity contribution in [2.45, 2.75) is 13.5 Å². The van der Waals surface area contributed by atoms with E-state index >= 15 is 0 Å². The van der Waals surface area contributed by atoms with Crippen molar-refractivity contribution in [1.29, 1.82) is 0 Å². The number of aromatic nitrogens is 3. The van der Waals surface area contributed by atoms with Gasteiger partial charge in [-0.2, -0.15) is 5.10 Å². The molecule has 134 valence electrons. The van der Waals surface area contributed by atoms with Crippen LogP contribution in [0.1, 0.15) is 12.7 Å². The van der Waals surface area contributed by atoms with Crippen LogP contribution in [0.3, 0.4) is 0 Å². The molecule has 0 aliphatic carbocycles. The molecule has 0 unspecified atom stereocenters. The van der Waals surface area contributed by atoms with Crippen molar-refractivity contribution in [2.75, 3.05) is 0 Å². The number of fused-ring (bicyclic) bond motifs is 1. The Bertz CT molecular complexity index is 1100. The molecule has 0 radical (unpaired) electrons. The minimum absolute atomic E-state index is 0.0708. The van der Waals surface area contributed by atoms with E-state index in [1.165, 1.54) is 0 Å². The summed E-state index contributed by atoms with van der Waals surface area (Å²) < 4.78 is 7.10. The topological polar surface area (TPSA) is 85.3 Å². The van der Waals surface area contributed by atoms with Crippen LogP contribution in [0.2, 0.25) is 0 Å². The number of hydrogen-bond donors (Lipinski definition) is 1. The molecule has 27 heavy (non-hydrogen) atoms. The number of hydrogen-bond acceptors (Lipinski definition) is 5. The van der Waals surface area contributed by atoms with E-state index in [0.717, 1.165) is 11.0 Å². The highest BCUT2D eigenvalue weighted by Gasteiger charge is 2.15. The largest absolute Gasteiger partial charge is 0.463 e. The Balaban J connectivity index is 1.63. The molecule has 7 heteroatoms. The Morgan fingerprint density at radius 3 is 2.78 bits per heavy atom. The van der Waals surface area contributed by atoms with Crippen LogP contribution in [0.15, 0.2) is 76.6 Å². The van der Waals surface area contributed by atoms with Crippen molar-refractivity contribution >= 4 is 22.7 Å². The quantitative estimate of drug-likeness (QED) is 0.438. The maximum absolute atomic E-state index is 12.5. The maximum atomic E-state index is 12.5. The fourth-order valence-corrected chi connectivity index (χ4v) is 2.79. The van der Waals surface area contributed by atoms with E-state index in [2.05, 4.69) is 20.5 Å². The van der Waals surface area contributed by atoms with E-state index in [0.29, 0.717) is 23.0 Å². The molecule has 0 aliphatic heterocycles. The fourth-order valence-electron chi connectivity index (χ4n) is 2.79. The van der Waals surface area contributed by atoms with E-state index in [9.17, 15) is 4.79 Å². The summed E-state index contributed by atoms with van der Waals surface area (Å²) >= 11 is 0. The van der Waals surface area contributed by atoms with Gasteiger partial charge in [0.25, 0.3) is 5.91 Å². The molecule has 0 fully saturated rings. The Hall–Kier alpha value is -3.74. The summed E-state index contributed by atoms with van der Waals surface area (Å²) in [5.74, 6) is 0.984. The van der Waals surface area contributed by atoms with Gasteiger partial charge in [-0.25, -0.2) is 10.4 Å². The summed E-state index contributed by atoms with van der Waals surface area (Å²) in [6.07, 6.45) is 3.27. The van der Waals surface area contributed by atoms with E-state index in [1.807, 2.05) is 47.0 Å². The predicted molar refractivity (Wildman–Crippen MR) is 102 cm³/mol. The first-order valence-corrected chi connectivity index (χ1v) is 8.46. The lowest BCUT2D eigenvalue weighted by Gasteiger charge is -2.08. The molecular weight excluding hydrogens is 342 g/mol. The Morgan fingerprint density at radius 1 is 1.15 bits per heavy atom. The van der Waals surface area contributed by atoms with Gasteiger partial charge < -0.3 is 8.98 Å². The van der Waals surface area contributed by atoms with Gasteiger partial charge in [-0.3, -0.25) is 9.78 Å². The summed E-state index contributed by atoms with van der Waals surface area (Å²) in [5.41, 5.74) is 5.54. The van der Waals surface area contributed by atoms with Gasteiger partial charge in [0, 0.05) is 6.20 Å². The molecule has 0 saturated carbocycles. The zero-order valence-corrected chi connectivity index (χ0v) is 14.7. The highest BCUT2D eigenvalue weighted by molar-refractivity contribution is 5.96. The number of pyridine rings is 1. The average Bonchev–Trinajstić information content (AvgIpc) is 3.36. The number of carbonyl (C=O) groups excluding carboxylic acids is 1. The smallest absolute Gasteiger partial charge is 0.260 e. The first-order chi connectivity index (χ1) is 13.2. The summed E-state index contributed by atoms with van der Waals surface area (Å²) in [6, 6.07) is 16.8. The zero-order valence-electron chi connectivity index (χ0n) is 14.7. The molecule has 4 rings (SSSR count). The van der Waals surface area contributed by atoms with Crippen LogP contribution in [0.4, 0.5) is 0 Å². The van der Waals surface area contributed by atoms with Gasteiger partial charge in [-0.05, 0) is 43.3 Å². The number of carbonyl (C=O) groups is 1. The Kier molecular flexibility index (Phi) is 4.49. The molecule has 0 saturated heterocycles. The average molecular weight is 359 g/mol. The molecule has 0 atom stereocenters. The lowest BCUT2D eigenvalue weighted by atomic mass is 10.3. The monoisotopic (exact) mass is 359 g/mol. The summed E-state index contributed by atoms with van der Waals surface area (Å²) in [4.78, 5) is 21.5. The van der Waals surface area contributed by atoms with Crippen LogP contribution < -0.4 is 5.43 Å². The normalized spacial score (nSPS) is 11.7. The highest BCUT2D eigenvalue weighted by atomic mass is 16.3. The molecule has 0 bridgehead atoms. The summed E-state index contributed by atoms with van der Waals surface area (Å²) in [7, 11) is 0. The standard InChI is InChI=1S/C20H17N5O2/c1-14(18-10-6-12-27-18)23-24-19(26)13-25-17-9-3-2-7-15(17)22-20(25)16-8-4-5-11-21-16/h2-12H,13H2,1H3,(H,24,26). The predicted octanol–water partition coefficient (Wildman–Crippen LogP) is 3.23. The van der Waals surface area contributed by atoms with E-state index in [1.54, 1.807) is 31.5 Å². The molecule has 0 spiro atoms. The molecule has 4 aromatic rings. The number of para-hydroxylation sites is 2. The third kappa shape index (κ3) is 3.48. The van der Waals surface area contributed by atoms with E-state index in [-0.39, 0.29) is 12.5 Å². The number of nitrogens with zero attached hydrogens (tertiary/aromatic N) is 4. The first kappa shape index (κ1) is 16.7. The van der Waals surface area contributed by atoms with E-state index < -0.39 is 0 Å². The van der Waals surface area contributed by atoms with Crippen LogP contribution >= 0.6 is 0 Å². The van der Waals surface area contributed by atoms with Crippen molar-refractivity contribution < 1.29 is 9.21 Å². The van der Waals surface area contributed by atoms with E-state index in [4.69, 9.17) is 4.42 Å². The van der Waals surface area contributed by atoms with Crippen LogP contribution in [0.5, 0.6) is 0 Å². The number of amides is 1. The molecule has 1 N–H and O–H groups in total. The van der Waals surface area contributed by atoms with Crippen molar-refractivity contribution in [3.05, 3.63) is 72.8 Å². The van der Waals surface area contributed by atoms with Crippen molar-refractivity contribution in [3.63, 3.8) is 0 Å². The molecular formula is C20H17N5O2. The SMILES string of the molecule is CC(=NNC(=O)Cn1c(-c2ccccn2)nc2ccccc21)c1ccco1. The molecule has 3 heterocycles. The lowest BCUT2D eigenvalue weighted by molar-refractivity contribution is -0.121.